The molecule has 1 heterocycles. The standard InChI is InChI=1S/C10H13BrN2O2S2/c11-9-2-1-7(12)5-10(9)17(14,15)13-8-3-4-16-6-8/h1-2,5,8,13H,3-4,6,12H2. The van der Waals surface area contributed by atoms with E-state index in [-0.39, 0.29) is 10.9 Å². The number of anilines is 1. The zero-order chi connectivity index (χ0) is 12.5. The lowest BCUT2D eigenvalue weighted by Crippen LogP contribution is -2.34. The lowest BCUT2D eigenvalue weighted by Gasteiger charge is -2.13. The van der Waals surface area contributed by atoms with E-state index in [1.807, 2.05) is 0 Å². The maximum absolute atomic E-state index is 12.2. The van der Waals surface area contributed by atoms with Crippen LogP contribution in [0.2, 0.25) is 0 Å². The molecular weight excluding hydrogens is 324 g/mol. The molecule has 0 saturated carbocycles. The van der Waals surface area contributed by atoms with Crippen molar-refractivity contribution in [2.45, 2.75) is 17.4 Å². The van der Waals surface area contributed by atoms with Gasteiger partial charge in [-0.05, 0) is 46.3 Å². The third kappa shape index (κ3) is 3.15. The van der Waals surface area contributed by atoms with Gasteiger partial charge in [0, 0.05) is 22.0 Å². The fourth-order valence-electron chi connectivity index (χ4n) is 1.64. The van der Waals surface area contributed by atoms with Crippen molar-refractivity contribution < 1.29 is 8.42 Å². The van der Waals surface area contributed by atoms with Crippen LogP contribution in [0.4, 0.5) is 5.69 Å². The van der Waals surface area contributed by atoms with Crippen molar-refractivity contribution in [3.05, 3.63) is 22.7 Å². The molecule has 1 fully saturated rings. The van der Waals surface area contributed by atoms with Gasteiger partial charge in [-0.15, -0.1) is 0 Å². The van der Waals surface area contributed by atoms with E-state index in [4.69, 9.17) is 5.73 Å². The first-order chi connectivity index (χ1) is 7.99. The second kappa shape index (κ2) is 5.17. The van der Waals surface area contributed by atoms with Gasteiger partial charge in [-0.1, -0.05) is 0 Å². The summed E-state index contributed by atoms with van der Waals surface area (Å²) in [5.41, 5.74) is 6.05. The van der Waals surface area contributed by atoms with Crippen LogP contribution in [-0.2, 0) is 10.0 Å². The minimum Gasteiger partial charge on any atom is -0.399 e. The lowest BCUT2D eigenvalue weighted by atomic mass is 10.3. The zero-order valence-corrected chi connectivity index (χ0v) is 12.2. The van der Waals surface area contributed by atoms with Crippen LogP contribution in [0.15, 0.2) is 27.6 Å². The van der Waals surface area contributed by atoms with Gasteiger partial charge in [0.05, 0.1) is 4.90 Å². The molecule has 94 valence electrons. The van der Waals surface area contributed by atoms with E-state index in [2.05, 4.69) is 20.7 Å². The summed E-state index contributed by atoms with van der Waals surface area (Å²) in [7, 11) is -3.49. The van der Waals surface area contributed by atoms with Crippen molar-refractivity contribution in [1.29, 1.82) is 0 Å². The van der Waals surface area contributed by atoms with Gasteiger partial charge in [-0.3, -0.25) is 0 Å². The molecule has 7 heteroatoms. The van der Waals surface area contributed by atoms with Crippen molar-refractivity contribution in [3.63, 3.8) is 0 Å². The molecule has 0 radical (unpaired) electrons. The number of benzene rings is 1. The number of nitrogen functional groups attached to an aromatic ring is 1. The van der Waals surface area contributed by atoms with Crippen molar-refractivity contribution in [1.82, 2.24) is 4.72 Å². The first-order valence-electron chi connectivity index (χ1n) is 5.14. The third-order valence-corrected chi connectivity index (χ3v) is 6.17. The molecule has 4 nitrogen and oxygen atoms in total. The van der Waals surface area contributed by atoms with Crippen LogP contribution >= 0.6 is 27.7 Å². The van der Waals surface area contributed by atoms with Crippen LogP contribution in [0.5, 0.6) is 0 Å². The number of hydrogen-bond donors (Lipinski definition) is 2. The smallest absolute Gasteiger partial charge is 0.242 e. The molecule has 1 atom stereocenters. The van der Waals surface area contributed by atoms with Gasteiger partial charge in [0.2, 0.25) is 10.0 Å². The Morgan fingerprint density at radius 1 is 1.47 bits per heavy atom. The summed E-state index contributed by atoms with van der Waals surface area (Å²) in [4.78, 5) is 0.203. The van der Waals surface area contributed by atoms with Crippen LogP contribution in [0.1, 0.15) is 6.42 Å². The van der Waals surface area contributed by atoms with Crippen LogP contribution in [0.25, 0.3) is 0 Å². The molecule has 0 aromatic heterocycles. The Bertz CT molecular complexity index is 513. The Kier molecular flexibility index (Phi) is 4.02. The van der Waals surface area contributed by atoms with Crippen molar-refractivity contribution >= 4 is 43.4 Å². The van der Waals surface area contributed by atoms with Crippen LogP contribution < -0.4 is 10.5 Å². The van der Waals surface area contributed by atoms with Gasteiger partial charge in [-0.2, -0.15) is 11.8 Å². The molecule has 0 aliphatic carbocycles. The molecule has 3 N–H and O–H groups in total. The Balaban J connectivity index is 2.27. The summed E-state index contributed by atoms with van der Waals surface area (Å²) in [5.74, 6) is 1.84. The molecule has 1 aliphatic heterocycles. The van der Waals surface area contributed by atoms with E-state index in [0.717, 1.165) is 17.9 Å². The minimum atomic E-state index is -3.49. The fraction of sp³-hybridized carbons (Fsp3) is 0.400. The van der Waals surface area contributed by atoms with Gasteiger partial charge < -0.3 is 5.73 Å². The lowest BCUT2D eigenvalue weighted by molar-refractivity contribution is 0.562. The van der Waals surface area contributed by atoms with Gasteiger partial charge in [0.1, 0.15) is 0 Å². The van der Waals surface area contributed by atoms with Crippen LogP contribution in [0.3, 0.4) is 0 Å². The molecule has 0 amide bonds. The Morgan fingerprint density at radius 3 is 2.88 bits per heavy atom. The molecule has 17 heavy (non-hydrogen) atoms. The molecule has 1 saturated heterocycles. The summed E-state index contributed by atoms with van der Waals surface area (Å²) in [6.07, 6.45) is 0.879. The Morgan fingerprint density at radius 2 is 2.24 bits per heavy atom. The van der Waals surface area contributed by atoms with E-state index >= 15 is 0 Å². The predicted octanol–water partition coefficient (Wildman–Crippen LogP) is 1.82. The average molecular weight is 337 g/mol. The number of nitrogens with two attached hydrogens (primary N) is 1. The summed E-state index contributed by atoms with van der Waals surface area (Å²) in [5, 5.41) is 0. The molecule has 0 spiro atoms. The van der Waals surface area contributed by atoms with Crippen LogP contribution in [0, 0.1) is 0 Å². The topological polar surface area (TPSA) is 72.2 Å². The second-order valence-electron chi connectivity index (χ2n) is 3.87. The van der Waals surface area contributed by atoms with Gasteiger partial charge in [-0.25, -0.2) is 13.1 Å². The van der Waals surface area contributed by atoms with E-state index in [1.54, 1.807) is 23.9 Å². The normalized spacial score (nSPS) is 20.6. The quantitative estimate of drug-likeness (QED) is 0.826. The first kappa shape index (κ1) is 13.2. The molecular formula is C10H13BrN2O2S2. The van der Waals surface area contributed by atoms with Gasteiger partial charge >= 0.3 is 0 Å². The highest BCUT2D eigenvalue weighted by Crippen LogP contribution is 2.26. The van der Waals surface area contributed by atoms with Crippen molar-refractivity contribution in [3.8, 4) is 0 Å². The predicted molar refractivity (Wildman–Crippen MR) is 74.6 cm³/mol. The molecule has 1 aliphatic rings. The number of hydrogen-bond acceptors (Lipinski definition) is 4. The Labute approximate surface area is 114 Å². The van der Waals surface area contributed by atoms with E-state index in [1.165, 1.54) is 6.07 Å². The minimum absolute atomic E-state index is 0.0262. The third-order valence-electron chi connectivity index (χ3n) is 2.50. The highest BCUT2D eigenvalue weighted by Gasteiger charge is 2.24. The SMILES string of the molecule is Nc1ccc(Br)c(S(=O)(=O)NC2CCSC2)c1. The number of sulfonamides is 1. The fourth-order valence-corrected chi connectivity index (χ4v) is 5.16. The highest BCUT2D eigenvalue weighted by molar-refractivity contribution is 9.10. The summed E-state index contributed by atoms with van der Waals surface area (Å²) in [6, 6.07) is 4.80. The van der Waals surface area contributed by atoms with Gasteiger partial charge in [0.25, 0.3) is 0 Å². The largest absolute Gasteiger partial charge is 0.399 e. The first-order valence-corrected chi connectivity index (χ1v) is 8.57. The summed E-state index contributed by atoms with van der Waals surface area (Å²) < 4.78 is 27.5. The van der Waals surface area contributed by atoms with E-state index in [9.17, 15) is 8.42 Å². The number of thioether (sulfide) groups is 1. The van der Waals surface area contributed by atoms with E-state index < -0.39 is 10.0 Å². The summed E-state index contributed by atoms with van der Waals surface area (Å²) >= 11 is 5.00. The molecule has 1 unspecified atom stereocenters. The molecule has 1 aromatic rings. The number of rotatable bonds is 3. The van der Waals surface area contributed by atoms with Crippen molar-refractivity contribution in [2.75, 3.05) is 17.2 Å². The van der Waals surface area contributed by atoms with Crippen molar-refractivity contribution in [2.24, 2.45) is 0 Å². The number of nitrogens with one attached hydrogen (secondary N) is 1. The average Bonchev–Trinajstić information content (AvgIpc) is 2.73. The van der Waals surface area contributed by atoms with Crippen LogP contribution in [-0.4, -0.2) is 26.0 Å². The van der Waals surface area contributed by atoms with Gasteiger partial charge in [0.15, 0.2) is 0 Å². The maximum atomic E-state index is 12.2. The summed E-state index contributed by atoms with van der Waals surface area (Å²) in [6.45, 7) is 0. The second-order valence-corrected chi connectivity index (χ2v) is 7.56. The monoisotopic (exact) mass is 336 g/mol. The Hall–Kier alpha value is -0.240. The highest BCUT2D eigenvalue weighted by atomic mass is 79.9. The molecule has 2 rings (SSSR count). The zero-order valence-electron chi connectivity index (χ0n) is 9.02. The number of halogens is 1. The van der Waals surface area contributed by atoms with E-state index in [0.29, 0.717) is 10.2 Å². The maximum Gasteiger partial charge on any atom is 0.242 e. The molecule has 1 aromatic carbocycles. The molecule has 0 bridgehead atoms.